The van der Waals surface area contributed by atoms with Crippen molar-refractivity contribution >= 4 is 31.3 Å². The van der Waals surface area contributed by atoms with Crippen LogP contribution in [-0.2, 0) is 10.1 Å². The maximum atomic E-state index is 10.4. The van der Waals surface area contributed by atoms with Gasteiger partial charge in [-0.1, -0.05) is 6.07 Å². The molecule has 0 saturated carbocycles. The zero-order valence-electron chi connectivity index (χ0n) is 12.7. The summed E-state index contributed by atoms with van der Waals surface area (Å²) in [7, 11) is -4.46. The van der Waals surface area contributed by atoms with Crippen LogP contribution in [0.1, 0.15) is 50.7 Å². The van der Waals surface area contributed by atoms with Crippen LogP contribution in [0, 0.1) is 0 Å². The van der Waals surface area contributed by atoms with Crippen molar-refractivity contribution in [1.82, 2.24) is 4.98 Å². The third-order valence-electron chi connectivity index (χ3n) is 2.64. The number of rotatable bonds is 8. The molecule has 0 aromatic carbocycles. The quantitative estimate of drug-likeness (QED) is 0.382. The predicted molar refractivity (Wildman–Crippen MR) is 85.9 cm³/mol. The van der Waals surface area contributed by atoms with Gasteiger partial charge in [-0.05, 0) is 12.1 Å². The van der Waals surface area contributed by atoms with Crippen molar-refractivity contribution in [3.8, 4) is 0 Å². The summed E-state index contributed by atoms with van der Waals surface area (Å²) in [6.45, 7) is 4.58. The second kappa shape index (κ2) is 12.4. The van der Waals surface area contributed by atoms with Gasteiger partial charge in [-0.25, -0.2) is 0 Å². The molecular formula is C14H25NO4SSn. The fourth-order valence-electron chi connectivity index (χ4n) is 1.40. The van der Waals surface area contributed by atoms with E-state index < -0.39 is 15.6 Å². The molecule has 1 heterocycles. The molecule has 2 N–H and O–H groups in total. The molecule has 21 heavy (non-hydrogen) atoms. The topological polar surface area (TPSA) is 87.5 Å². The Bertz CT molecular complexity index is 447. The second-order valence-corrected chi connectivity index (χ2v) is 10.3. The van der Waals surface area contributed by atoms with E-state index in [1.165, 1.54) is 44.0 Å². The first-order chi connectivity index (χ1) is 9.93. The third kappa shape index (κ3) is 11.1. The van der Waals surface area contributed by atoms with Gasteiger partial charge in [-0.15, -0.1) is 0 Å². The molecule has 0 spiro atoms. The van der Waals surface area contributed by atoms with Gasteiger partial charge in [0.15, 0.2) is 0 Å². The minimum Gasteiger partial charge on any atom is -0.370 e. The van der Waals surface area contributed by atoms with E-state index in [-0.39, 0.29) is 26.8 Å². The number of aliphatic hydroxyl groups excluding tert-OH is 1. The van der Waals surface area contributed by atoms with E-state index in [9.17, 15) is 8.42 Å². The molecule has 0 bridgehead atoms. The fraction of sp³-hybridized carbons (Fsp3) is 0.643. The number of unbranched alkanes of at least 4 members (excludes halogenated alkanes) is 2. The van der Waals surface area contributed by atoms with E-state index >= 15 is 0 Å². The molecule has 1 unspecified atom stereocenters. The first-order valence-corrected chi connectivity index (χ1v) is 12.7. The summed E-state index contributed by atoms with van der Waals surface area (Å²) in [4.78, 5) is 3.56. The summed E-state index contributed by atoms with van der Waals surface area (Å²) in [6.07, 6.45) is 7.16. The van der Waals surface area contributed by atoms with Gasteiger partial charge in [0.05, 0.1) is 5.69 Å². The van der Waals surface area contributed by atoms with Crippen LogP contribution in [0.5, 0.6) is 0 Å². The summed E-state index contributed by atoms with van der Waals surface area (Å²) in [5.74, 6) is 0. The average molecular weight is 422 g/mol. The fourth-order valence-corrected chi connectivity index (χ4v) is 6.01. The first-order valence-electron chi connectivity index (χ1n) is 7.19. The van der Waals surface area contributed by atoms with Crippen LogP contribution in [0.2, 0.25) is 8.87 Å². The van der Waals surface area contributed by atoms with E-state index in [0.29, 0.717) is 0 Å². The summed E-state index contributed by atoms with van der Waals surface area (Å²) < 4.78 is 32.5. The molecule has 0 aliphatic rings. The van der Waals surface area contributed by atoms with Crippen molar-refractivity contribution in [2.75, 3.05) is 0 Å². The monoisotopic (exact) mass is 423 g/mol. The van der Waals surface area contributed by atoms with Crippen LogP contribution in [0.4, 0.5) is 0 Å². The number of pyridine rings is 1. The normalized spacial score (nSPS) is 12.4. The molecule has 0 saturated heterocycles. The standard InChI is InChI=1S/C6H7NO4S.2C4H9.Sn/c8-6(12(9,10)11)5-3-1-2-4-7-5;2*1-3-4-2;/h1-4,6,8H,(H,9,10,11);2*1,3-4H2,2H3;. The Morgan fingerprint density at radius 1 is 1.19 bits per heavy atom. The summed E-state index contributed by atoms with van der Waals surface area (Å²) in [6, 6.07) is 4.38. The van der Waals surface area contributed by atoms with Gasteiger partial charge < -0.3 is 5.11 Å². The Hall–Kier alpha value is -0.181. The molecule has 1 aromatic heterocycles. The zero-order chi connectivity index (χ0) is 16.1. The van der Waals surface area contributed by atoms with E-state index in [2.05, 4.69) is 18.8 Å². The van der Waals surface area contributed by atoms with Crippen molar-refractivity contribution in [2.45, 2.75) is 53.8 Å². The number of hydrogen-bond donors (Lipinski definition) is 2. The molecular weight excluding hydrogens is 397 g/mol. The molecule has 1 rings (SSSR count). The van der Waals surface area contributed by atoms with Crippen LogP contribution >= 0.6 is 0 Å². The molecule has 7 heteroatoms. The van der Waals surface area contributed by atoms with Crippen molar-refractivity contribution in [3.63, 3.8) is 0 Å². The third-order valence-corrected chi connectivity index (χ3v) is 7.48. The molecule has 0 amide bonds. The Kier molecular flexibility index (Phi) is 12.3. The minimum absolute atomic E-state index is 0.0972. The molecule has 0 aliphatic carbocycles. The Labute approximate surface area is 138 Å². The van der Waals surface area contributed by atoms with Crippen molar-refractivity contribution in [3.05, 3.63) is 30.1 Å². The number of aromatic nitrogens is 1. The molecule has 5 nitrogen and oxygen atoms in total. The Morgan fingerprint density at radius 2 is 1.76 bits per heavy atom. The van der Waals surface area contributed by atoms with E-state index in [0.717, 1.165) is 0 Å². The van der Waals surface area contributed by atoms with Crippen LogP contribution < -0.4 is 0 Å². The van der Waals surface area contributed by atoms with Gasteiger partial charge in [0.1, 0.15) is 0 Å². The molecule has 0 aliphatic heterocycles. The van der Waals surface area contributed by atoms with Gasteiger partial charge >= 0.3 is 69.5 Å². The van der Waals surface area contributed by atoms with Crippen molar-refractivity contribution in [2.24, 2.45) is 0 Å². The molecule has 0 fully saturated rings. The van der Waals surface area contributed by atoms with Crippen molar-refractivity contribution < 1.29 is 18.1 Å². The maximum Gasteiger partial charge on any atom is 0.298 e. The van der Waals surface area contributed by atoms with E-state index in [1.807, 2.05) is 0 Å². The molecule has 1 aromatic rings. The number of hydrogen-bond acceptors (Lipinski definition) is 4. The van der Waals surface area contributed by atoms with Gasteiger partial charge in [-0.2, -0.15) is 8.42 Å². The molecule has 1 atom stereocenters. The van der Waals surface area contributed by atoms with Gasteiger partial charge in [0, 0.05) is 6.20 Å². The summed E-state index contributed by atoms with van der Waals surface area (Å²) in [5.41, 5.74) is -2.06. The Morgan fingerprint density at radius 3 is 2.14 bits per heavy atom. The van der Waals surface area contributed by atoms with E-state index in [1.54, 1.807) is 14.9 Å². The van der Waals surface area contributed by atoms with Crippen LogP contribution in [0.3, 0.4) is 0 Å². The Balaban J connectivity index is 0.000000400. The summed E-state index contributed by atoms with van der Waals surface area (Å²) in [5, 5.41) is 8.96. The largest absolute Gasteiger partial charge is 0.370 e. The molecule has 120 valence electrons. The smallest absolute Gasteiger partial charge is 0.298 e. The zero-order valence-corrected chi connectivity index (χ0v) is 16.4. The van der Waals surface area contributed by atoms with Crippen LogP contribution in [0.15, 0.2) is 24.4 Å². The SMILES string of the molecule is CCC[CH2][Sn][CH2]CCC.O=S(=O)(O)C(O)c1ccccn1. The molecule has 2 radical (unpaired) electrons. The second-order valence-electron chi connectivity index (χ2n) is 4.58. The minimum atomic E-state index is -4.46. The van der Waals surface area contributed by atoms with E-state index in [4.69, 9.17) is 9.66 Å². The maximum absolute atomic E-state index is 10.4. The number of aliphatic hydroxyl groups is 1. The van der Waals surface area contributed by atoms with Crippen LogP contribution in [-0.4, -0.2) is 44.2 Å². The number of nitrogens with zero attached hydrogens (tertiary/aromatic N) is 1. The predicted octanol–water partition coefficient (Wildman–Crippen LogP) is 3.09. The van der Waals surface area contributed by atoms with Gasteiger partial charge in [0.25, 0.3) is 10.1 Å². The van der Waals surface area contributed by atoms with Crippen LogP contribution in [0.25, 0.3) is 0 Å². The summed E-state index contributed by atoms with van der Waals surface area (Å²) >= 11 is 0.149. The van der Waals surface area contributed by atoms with Gasteiger partial charge in [0.2, 0.25) is 5.44 Å². The average Bonchev–Trinajstić information content (AvgIpc) is 2.47. The van der Waals surface area contributed by atoms with Crippen molar-refractivity contribution in [1.29, 1.82) is 0 Å². The van der Waals surface area contributed by atoms with Gasteiger partial charge in [-0.3, -0.25) is 9.54 Å². The first kappa shape index (κ1) is 20.8.